The van der Waals surface area contributed by atoms with Crippen molar-refractivity contribution in [1.29, 1.82) is 0 Å². The number of benzene rings is 2. The van der Waals surface area contributed by atoms with Crippen molar-refractivity contribution in [2.45, 2.75) is 24.5 Å². The molecule has 0 aliphatic carbocycles. The van der Waals surface area contributed by atoms with Crippen LogP contribution < -0.4 is 4.74 Å². The Morgan fingerprint density at radius 1 is 1.12 bits per heavy atom. The number of nitrogens with zero attached hydrogens (tertiary/aromatic N) is 1. The lowest BCUT2D eigenvalue weighted by Gasteiger charge is -2.23. The highest BCUT2D eigenvalue weighted by molar-refractivity contribution is 8.23. The smallest absolute Gasteiger partial charge is 0.164 e. The number of ether oxygens (including phenoxy) is 1. The van der Waals surface area contributed by atoms with Crippen LogP contribution in [-0.2, 0) is 0 Å². The molecule has 26 heavy (non-hydrogen) atoms. The first kappa shape index (κ1) is 18.9. The topological polar surface area (TPSA) is 29.5 Å². The first-order chi connectivity index (χ1) is 12.7. The van der Waals surface area contributed by atoms with Crippen molar-refractivity contribution in [3.63, 3.8) is 0 Å². The second-order valence-corrected chi connectivity index (χ2v) is 8.17. The normalized spacial score (nSPS) is 14.9. The van der Waals surface area contributed by atoms with Crippen molar-refractivity contribution in [2.75, 3.05) is 20.2 Å². The van der Waals surface area contributed by atoms with Gasteiger partial charge in [0.2, 0.25) is 0 Å². The number of thioether (sulfide) groups is 1. The van der Waals surface area contributed by atoms with Crippen LogP contribution in [0.3, 0.4) is 0 Å². The van der Waals surface area contributed by atoms with Gasteiger partial charge in [-0.15, -0.1) is 0 Å². The van der Waals surface area contributed by atoms with E-state index in [-0.39, 0.29) is 11.0 Å². The van der Waals surface area contributed by atoms with E-state index in [0.717, 1.165) is 34.3 Å². The van der Waals surface area contributed by atoms with E-state index in [2.05, 4.69) is 4.90 Å². The number of hydrogen-bond acceptors (Lipinski definition) is 4. The van der Waals surface area contributed by atoms with E-state index >= 15 is 0 Å². The lowest BCUT2D eigenvalue weighted by atomic mass is 10.0. The second kappa shape index (κ2) is 9.19. The van der Waals surface area contributed by atoms with Crippen molar-refractivity contribution < 1.29 is 9.53 Å². The van der Waals surface area contributed by atoms with Crippen LogP contribution in [0.25, 0.3) is 0 Å². The first-order valence-corrected chi connectivity index (χ1v) is 10.1. The molecule has 0 radical (unpaired) electrons. The first-order valence-electron chi connectivity index (χ1n) is 8.85. The summed E-state index contributed by atoms with van der Waals surface area (Å²) >= 11 is 7.29. The van der Waals surface area contributed by atoms with Crippen molar-refractivity contribution in [2.24, 2.45) is 0 Å². The summed E-state index contributed by atoms with van der Waals surface area (Å²) < 4.78 is 6.15. The average Bonchev–Trinajstić information content (AvgIpc) is 3.23. The third-order valence-electron chi connectivity index (χ3n) is 4.56. The minimum absolute atomic E-state index is 0.00159. The number of thiocarbonyl (C=S) groups is 1. The molecule has 2 aromatic carbocycles. The molecule has 1 atom stereocenters. The van der Waals surface area contributed by atoms with E-state index in [4.69, 9.17) is 17.0 Å². The minimum atomic E-state index is 0.00159. The molecule has 2 aromatic rings. The van der Waals surface area contributed by atoms with Crippen molar-refractivity contribution >= 4 is 34.1 Å². The molecule has 0 saturated carbocycles. The fourth-order valence-electron chi connectivity index (χ4n) is 3.05. The van der Waals surface area contributed by atoms with E-state index in [1.807, 2.05) is 54.6 Å². The summed E-state index contributed by atoms with van der Waals surface area (Å²) in [7, 11) is 1.66. The molecule has 1 fully saturated rings. The van der Waals surface area contributed by atoms with Gasteiger partial charge in [-0.3, -0.25) is 4.79 Å². The summed E-state index contributed by atoms with van der Waals surface area (Å²) in [4.78, 5) is 15.0. The second-order valence-electron chi connectivity index (χ2n) is 6.33. The highest BCUT2D eigenvalue weighted by atomic mass is 32.2. The number of hydrogen-bond donors (Lipinski definition) is 0. The number of Topliss-reactive ketones (excluding diaryl/α,β-unsaturated/α-hetero) is 1. The van der Waals surface area contributed by atoms with Crippen LogP contribution >= 0.6 is 24.0 Å². The van der Waals surface area contributed by atoms with Gasteiger partial charge in [0.25, 0.3) is 0 Å². The molecule has 5 heteroatoms. The summed E-state index contributed by atoms with van der Waals surface area (Å²) in [5.41, 5.74) is 1.85. The van der Waals surface area contributed by atoms with Crippen LogP contribution in [0.2, 0.25) is 0 Å². The largest absolute Gasteiger partial charge is 0.497 e. The van der Waals surface area contributed by atoms with Gasteiger partial charge in [-0.05, 0) is 30.5 Å². The number of carbonyl (C=O) groups excluding carboxylic acids is 1. The molecule has 1 aliphatic rings. The fourth-order valence-corrected chi connectivity index (χ4v) is 4.69. The van der Waals surface area contributed by atoms with Gasteiger partial charge < -0.3 is 9.64 Å². The Kier molecular flexibility index (Phi) is 6.69. The van der Waals surface area contributed by atoms with Crippen LogP contribution in [0.1, 0.15) is 40.4 Å². The van der Waals surface area contributed by atoms with E-state index in [1.165, 1.54) is 12.8 Å². The van der Waals surface area contributed by atoms with Crippen molar-refractivity contribution in [3.8, 4) is 5.75 Å². The summed E-state index contributed by atoms with van der Waals surface area (Å²) in [5, 5.41) is 0.00159. The zero-order valence-corrected chi connectivity index (χ0v) is 16.5. The monoisotopic (exact) mass is 385 g/mol. The number of ketones is 1. The fraction of sp³-hybridized carbons (Fsp3) is 0.333. The van der Waals surface area contributed by atoms with Crippen LogP contribution in [0.4, 0.5) is 0 Å². The van der Waals surface area contributed by atoms with E-state index in [0.29, 0.717) is 6.42 Å². The maximum absolute atomic E-state index is 12.8. The predicted molar refractivity (Wildman–Crippen MR) is 112 cm³/mol. The Bertz CT molecular complexity index is 740. The van der Waals surface area contributed by atoms with Crippen molar-refractivity contribution in [1.82, 2.24) is 4.90 Å². The molecule has 136 valence electrons. The van der Waals surface area contributed by atoms with Gasteiger partial charge in [-0.1, -0.05) is 66.4 Å². The summed E-state index contributed by atoms with van der Waals surface area (Å²) in [5.74, 6) is 0.956. The van der Waals surface area contributed by atoms with Gasteiger partial charge in [-0.2, -0.15) is 0 Å². The molecule has 3 rings (SSSR count). The number of rotatable bonds is 6. The number of carbonyl (C=O) groups is 1. The molecule has 0 aromatic heterocycles. The third-order valence-corrected chi connectivity index (χ3v) is 6.29. The molecule has 3 nitrogen and oxygen atoms in total. The molecule has 0 bridgehead atoms. The maximum Gasteiger partial charge on any atom is 0.164 e. The highest BCUT2D eigenvalue weighted by Crippen LogP contribution is 2.36. The molecule has 0 spiro atoms. The Labute approximate surface area is 164 Å². The molecular weight excluding hydrogens is 362 g/mol. The zero-order chi connectivity index (χ0) is 18.4. The molecule has 0 amide bonds. The van der Waals surface area contributed by atoms with E-state index < -0.39 is 0 Å². The van der Waals surface area contributed by atoms with Crippen LogP contribution in [0.15, 0.2) is 54.6 Å². The van der Waals surface area contributed by atoms with Crippen LogP contribution in [-0.4, -0.2) is 35.2 Å². The summed E-state index contributed by atoms with van der Waals surface area (Å²) in [6.45, 7) is 2.04. The predicted octanol–water partition coefficient (Wildman–Crippen LogP) is 5.12. The summed E-state index contributed by atoms with van der Waals surface area (Å²) in [6, 6.07) is 17.4. The number of likely N-dealkylation sites (tertiary alicyclic amines) is 1. The lowest BCUT2D eigenvalue weighted by Crippen LogP contribution is -2.24. The Morgan fingerprint density at radius 2 is 1.77 bits per heavy atom. The molecule has 1 unspecified atom stereocenters. The van der Waals surface area contributed by atoms with Gasteiger partial charge in [-0.25, -0.2) is 0 Å². The van der Waals surface area contributed by atoms with Gasteiger partial charge in [0.15, 0.2) is 5.78 Å². The average molecular weight is 386 g/mol. The van der Waals surface area contributed by atoms with Gasteiger partial charge in [0, 0.05) is 30.3 Å². The number of methoxy groups -OCH3 is 1. The maximum atomic E-state index is 12.8. The Balaban J connectivity index is 1.77. The minimum Gasteiger partial charge on any atom is -0.497 e. The molecule has 1 heterocycles. The quantitative estimate of drug-likeness (QED) is 0.508. The van der Waals surface area contributed by atoms with Gasteiger partial charge >= 0.3 is 0 Å². The highest BCUT2D eigenvalue weighted by Gasteiger charge is 2.23. The summed E-state index contributed by atoms with van der Waals surface area (Å²) in [6.07, 6.45) is 2.81. The Hall–Kier alpha value is -1.85. The molecular formula is C21H23NO2S2. The molecule has 0 N–H and O–H groups in total. The standard InChI is InChI=1S/C21H23NO2S2/c1-24-18-11-9-17(10-12-18)20(26-21(25)22-13-5-6-14-22)15-19(23)16-7-3-2-4-8-16/h2-4,7-12,20H,5-6,13-15H2,1H3. The molecule has 1 aliphatic heterocycles. The van der Waals surface area contributed by atoms with Crippen LogP contribution in [0.5, 0.6) is 5.75 Å². The van der Waals surface area contributed by atoms with Crippen LogP contribution in [0, 0.1) is 0 Å². The van der Waals surface area contributed by atoms with E-state index in [1.54, 1.807) is 18.9 Å². The lowest BCUT2D eigenvalue weighted by molar-refractivity contribution is 0.0982. The SMILES string of the molecule is COc1ccc(C(CC(=O)c2ccccc2)SC(=S)N2CCCC2)cc1. The Morgan fingerprint density at radius 3 is 2.38 bits per heavy atom. The van der Waals surface area contributed by atoms with Crippen molar-refractivity contribution in [3.05, 3.63) is 65.7 Å². The van der Waals surface area contributed by atoms with E-state index in [9.17, 15) is 4.79 Å². The molecule has 1 saturated heterocycles. The van der Waals surface area contributed by atoms with Gasteiger partial charge in [0.1, 0.15) is 10.1 Å². The zero-order valence-electron chi connectivity index (χ0n) is 14.9. The van der Waals surface area contributed by atoms with Gasteiger partial charge in [0.05, 0.1) is 7.11 Å². The third kappa shape index (κ3) is 4.86.